The lowest BCUT2D eigenvalue weighted by atomic mass is 9.81. The zero-order chi connectivity index (χ0) is 20.1. The molecule has 3 aliphatic rings. The van der Waals surface area contributed by atoms with Crippen molar-refractivity contribution in [3.8, 4) is 5.75 Å². The van der Waals surface area contributed by atoms with Crippen LogP contribution in [-0.4, -0.2) is 24.8 Å². The first kappa shape index (κ1) is 17.9. The smallest absolute Gasteiger partial charge is 0.257 e. The van der Waals surface area contributed by atoms with Crippen LogP contribution in [0.5, 0.6) is 5.75 Å². The number of nitrogens with one attached hydrogen (secondary N) is 1. The van der Waals surface area contributed by atoms with Gasteiger partial charge in [0, 0.05) is 11.8 Å². The highest BCUT2D eigenvalue weighted by Gasteiger charge is 2.61. The molecular formula is C23H22N2O4. The molecular weight excluding hydrogens is 368 g/mol. The Balaban J connectivity index is 1.46. The summed E-state index contributed by atoms with van der Waals surface area (Å²) in [5.74, 6) is 0.168. The molecule has 0 radical (unpaired) electrons. The van der Waals surface area contributed by atoms with Crippen molar-refractivity contribution in [1.29, 1.82) is 0 Å². The number of fused-ring (bicyclic) bond motifs is 5. The molecule has 1 N–H and O–H groups in total. The largest absolute Gasteiger partial charge is 0.497 e. The highest BCUT2D eigenvalue weighted by molar-refractivity contribution is 6.25. The number of methoxy groups -OCH3 is 1. The summed E-state index contributed by atoms with van der Waals surface area (Å²) >= 11 is 0. The monoisotopic (exact) mass is 390 g/mol. The predicted molar refractivity (Wildman–Crippen MR) is 108 cm³/mol. The summed E-state index contributed by atoms with van der Waals surface area (Å²) in [4.78, 5) is 40.6. The van der Waals surface area contributed by atoms with Gasteiger partial charge in [-0.3, -0.25) is 14.4 Å². The number of ether oxygens (including phenoxy) is 1. The number of amides is 3. The van der Waals surface area contributed by atoms with Gasteiger partial charge in [0.05, 0.1) is 30.2 Å². The van der Waals surface area contributed by atoms with Gasteiger partial charge in [0.2, 0.25) is 11.8 Å². The van der Waals surface area contributed by atoms with Gasteiger partial charge in [-0.25, -0.2) is 4.90 Å². The summed E-state index contributed by atoms with van der Waals surface area (Å²) < 4.78 is 5.19. The lowest BCUT2D eigenvalue weighted by molar-refractivity contribution is -0.123. The summed E-state index contributed by atoms with van der Waals surface area (Å²) in [6.07, 6.45) is 3.03. The molecule has 3 fully saturated rings. The van der Waals surface area contributed by atoms with Gasteiger partial charge in [0.1, 0.15) is 5.75 Å². The highest BCUT2D eigenvalue weighted by atomic mass is 16.5. The molecule has 5 rings (SSSR count). The Hall–Kier alpha value is -3.15. The molecule has 2 saturated carbocycles. The summed E-state index contributed by atoms with van der Waals surface area (Å²) in [6, 6.07) is 13.9. The molecule has 2 aromatic rings. The van der Waals surface area contributed by atoms with Crippen LogP contribution in [0.1, 0.15) is 29.6 Å². The Morgan fingerprint density at radius 3 is 2.38 bits per heavy atom. The zero-order valence-electron chi connectivity index (χ0n) is 16.1. The van der Waals surface area contributed by atoms with Crippen LogP contribution < -0.4 is 15.0 Å². The van der Waals surface area contributed by atoms with E-state index < -0.39 is 0 Å². The zero-order valence-corrected chi connectivity index (χ0v) is 16.1. The minimum Gasteiger partial charge on any atom is -0.497 e. The first-order valence-electron chi connectivity index (χ1n) is 10.0. The van der Waals surface area contributed by atoms with Crippen LogP contribution in [0.2, 0.25) is 0 Å². The number of carbonyl (C=O) groups excluding carboxylic acids is 3. The number of benzene rings is 2. The van der Waals surface area contributed by atoms with Gasteiger partial charge in [0.25, 0.3) is 5.91 Å². The second-order valence-corrected chi connectivity index (χ2v) is 8.10. The number of nitrogens with zero attached hydrogens (tertiary/aromatic N) is 1. The van der Waals surface area contributed by atoms with E-state index in [2.05, 4.69) is 5.32 Å². The van der Waals surface area contributed by atoms with Crippen LogP contribution in [-0.2, 0) is 9.59 Å². The van der Waals surface area contributed by atoms with Gasteiger partial charge in [-0.1, -0.05) is 18.2 Å². The van der Waals surface area contributed by atoms with Crippen LogP contribution in [0.15, 0.2) is 48.5 Å². The minimum absolute atomic E-state index is 0.145. The van der Waals surface area contributed by atoms with E-state index in [4.69, 9.17) is 4.74 Å². The number of anilines is 2. The molecule has 29 heavy (non-hydrogen) atoms. The Bertz CT molecular complexity index is 989. The summed E-state index contributed by atoms with van der Waals surface area (Å²) in [6.45, 7) is 0. The van der Waals surface area contributed by atoms with Crippen LogP contribution in [0.3, 0.4) is 0 Å². The third-order valence-electron chi connectivity index (χ3n) is 6.64. The van der Waals surface area contributed by atoms with Crippen molar-refractivity contribution in [1.82, 2.24) is 0 Å². The molecule has 3 amide bonds. The Morgan fingerprint density at radius 1 is 1.00 bits per heavy atom. The second kappa shape index (κ2) is 6.72. The minimum atomic E-state index is -0.366. The number of imide groups is 1. The van der Waals surface area contributed by atoms with E-state index in [1.807, 2.05) is 0 Å². The van der Waals surface area contributed by atoms with Gasteiger partial charge < -0.3 is 10.1 Å². The fourth-order valence-corrected chi connectivity index (χ4v) is 5.41. The standard InChI is InChI=1S/C23H22N2O4/c1-29-16-6-4-5-15(12-16)24-21(26)17-7-2-3-8-18(17)25-22(27)19-13-9-10-14(11-13)20(19)23(25)28/h2-8,12-14,19-20H,9-11H2,1H3,(H,24,26)/t13-,14+,19-,20-/m0/s1. The van der Waals surface area contributed by atoms with E-state index in [0.29, 0.717) is 34.5 Å². The Kier molecular flexibility index (Phi) is 4.15. The van der Waals surface area contributed by atoms with Gasteiger partial charge >= 0.3 is 0 Å². The number of para-hydroxylation sites is 1. The van der Waals surface area contributed by atoms with Gasteiger partial charge in [-0.05, 0) is 55.4 Å². The first-order chi connectivity index (χ1) is 14.1. The summed E-state index contributed by atoms with van der Waals surface area (Å²) in [7, 11) is 1.56. The molecule has 6 heteroatoms. The van der Waals surface area contributed by atoms with Gasteiger partial charge in [-0.2, -0.15) is 0 Å². The van der Waals surface area contributed by atoms with Crippen LogP contribution in [0, 0.1) is 23.7 Å². The Morgan fingerprint density at radius 2 is 1.69 bits per heavy atom. The first-order valence-corrected chi connectivity index (χ1v) is 10.0. The van der Waals surface area contributed by atoms with Crippen molar-refractivity contribution in [3.05, 3.63) is 54.1 Å². The summed E-state index contributed by atoms with van der Waals surface area (Å²) in [5, 5.41) is 2.84. The molecule has 4 atom stereocenters. The SMILES string of the molecule is COc1cccc(NC(=O)c2ccccc2N2C(=O)[C@H]3[C@@H]4CC[C@@H](C4)[C@@H]3C2=O)c1. The molecule has 2 aliphatic carbocycles. The average molecular weight is 390 g/mol. The maximum Gasteiger partial charge on any atom is 0.257 e. The Labute approximate surface area is 168 Å². The maximum absolute atomic E-state index is 13.2. The fourth-order valence-electron chi connectivity index (χ4n) is 5.41. The number of hydrogen-bond donors (Lipinski definition) is 1. The topological polar surface area (TPSA) is 75.7 Å². The molecule has 1 aliphatic heterocycles. The van der Waals surface area contributed by atoms with Crippen molar-refractivity contribution in [3.63, 3.8) is 0 Å². The van der Waals surface area contributed by atoms with E-state index >= 15 is 0 Å². The lowest BCUT2D eigenvalue weighted by Gasteiger charge is -2.20. The van der Waals surface area contributed by atoms with E-state index in [1.165, 1.54) is 4.90 Å². The maximum atomic E-state index is 13.2. The normalized spacial score (nSPS) is 27.3. The van der Waals surface area contributed by atoms with Crippen molar-refractivity contribution in [2.24, 2.45) is 23.7 Å². The predicted octanol–water partition coefficient (Wildman–Crippen LogP) is 3.48. The third kappa shape index (κ3) is 2.74. The number of hydrogen-bond acceptors (Lipinski definition) is 4. The van der Waals surface area contributed by atoms with Gasteiger partial charge in [-0.15, -0.1) is 0 Å². The molecule has 0 aromatic heterocycles. The fraction of sp³-hybridized carbons (Fsp3) is 0.348. The number of carbonyl (C=O) groups is 3. The van der Waals surface area contributed by atoms with Crippen LogP contribution >= 0.6 is 0 Å². The molecule has 0 spiro atoms. The van der Waals surface area contributed by atoms with Crippen molar-refractivity contribution in [2.45, 2.75) is 19.3 Å². The number of rotatable bonds is 4. The molecule has 148 valence electrons. The van der Waals surface area contributed by atoms with E-state index in [-0.39, 0.29) is 29.6 Å². The molecule has 0 unspecified atom stereocenters. The average Bonchev–Trinajstić information content (AvgIpc) is 3.42. The molecule has 6 nitrogen and oxygen atoms in total. The van der Waals surface area contributed by atoms with E-state index in [1.54, 1.807) is 55.6 Å². The second-order valence-electron chi connectivity index (χ2n) is 8.10. The molecule has 2 bridgehead atoms. The van der Waals surface area contributed by atoms with Crippen LogP contribution in [0.4, 0.5) is 11.4 Å². The summed E-state index contributed by atoms with van der Waals surface area (Å²) in [5.41, 5.74) is 1.26. The lowest BCUT2D eigenvalue weighted by Crippen LogP contribution is -2.34. The van der Waals surface area contributed by atoms with Gasteiger partial charge in [0.15, 0.2) is 0 Å². The quantitative estimate of drug-likeness (QED) is 0.811. The molecule has 2 aromatic carbocycles. The molecule has 1 heterocycles. The highest BCUT2D eigenvalue weighted by Crippen LogP contribution is 2.56. The van der Waals surface area contributed by atoms with Crippen molar-refractivity contribution >= 4 is 29.1 Å². The van der Waals surface area contributed by atoms with Crippen molar-refractivity contribution < 1.29 is 19.1 Å². The van der Waals surface area contributed by atoms with Crippen LogP contribution in [0.25, 0.3) is 0 Å². The molecule has 1 saturated heterocycles. The third-order valence-corrected chi connectivity index (χ3v) is 6.64. The van der Waals surface area contributed by atoms with E-state index in [9.17, 15) is 14.4 Å². The van der Waals surface area contributed by atoms with E-state index in [0.717, 1.165) is 19.3 Å². The van der Waals surface area contributed by atoms with Crippen molar-refractivity contribution in [2.75, 3.05) is 17.3 Å².